The van der Waals surface area contributed by atoms with E-state index in [1.165, 1.54) is 0 Å². The largest absolute Gasteiger partial charge is 0.385 e. The Bertz CT molecular complexity index is 127. The fourth-order valence-corrected chi connectivity index (χ4v) is 1.74. The van der Waals surface area contributed by atoms with Gasteiger partial charge in [0, 0.05) is 26.4 Å². The van der Waals surface area contributed by atoms with Crippen molar-refractivity contribution in [3.8, 4) is 0 Å². The van der Waals surface area contributed by atoms with E-state index >= 15 is 0 Å². The van der Waals surface area contributed by atoms with E-state index < -0.39 is 0 Å². The molecule has 0 aromatic carbocycles. The van der Waals surface area contributed by atoms with Crippen molar-refractivity contribution in [3.05, 3.63) is 0 Å². The summed E-state index contributed by atoms with van der Waals surface area (Å²) in [4.78, 5) is 0. The zero-order chi connectivity index (χ0) is 9.52. The number of hydrogen-bond acceptors (Lipinski definition) is 4. The molecule has 0 aromatic rings. The Balaban J connectivity index is 2.16. The minimum atomic E-state index is 0.289. The van der Waals surface area contributed by atoms with Crippen LogP contribution in [-0.2, 0) is 9.47 Å². The lowest BCUT2D eigenvalue weighted by molar-refractivity contribution is 0.0716. The zero-order valence-electron chi connectivity index (χ0n) is 8.29. The van der Waals surface area contributed by atoms with Crippen LogP contribution >= 0.6 is 0 Å². The van der Waals surface area contributed by atoms with Crippen molar-refractivity contribution < 1.29 is 9.47 Å². The Morgan fingerprint density at radius 2 is 2.54 bits per heavy atom. The Morgan fingerprint density at radius 1 is 1.69 bits per heavy atom. The maximum Gasteiger partial charge on any atom is 0.0742 e. The summed E-state index contributed by atoms with van der Waals surface area (Å²) in [6.45, 7) is 1.68. The van der Waals surface area contributed by atoms with Gasteiger partial charge in [0.1, 0.15) is 0 Å². The Labute approximate surface area is 79.7 Å². The molecule has 0 spiro atoms. The van der Waals surface area contributed by atoms with Crippen molar-refractivity contribution in [1.82, 2.24) is 5.43 Å². The van der Waals surface area contributed by atoms with Gasteiger partial charge >= 0.3 is 0 Å². The normalized spacial score (nSPS) is 24.9. The highest BCUT2D eigenvalue weighted by Gasteiger charge is 2.24. The van der Waals surface area contributed by atoms with Crippen LogP contribution in [0.15, 0.2) is 0 Å². The van der Waals surface area contributed by atoms with E-state index in [0.29, 0.717) is 6.10 Å². The van der Waals surface area contributed by atoms with Gasteiger partial charge in [-0.05, 0) is 25.7 Å². The summed E-state index contributed by atoms with van der Waals surface area (Å²) in [6, 6.07) is 0.289. The molecule has 1 aliphatic rings. The van der Waals surface area contributed by atoms with Gasteiger partial charge in [-0.1, -0.05) is 0 Å². The van der Waals surface area contributed by atoms with Gasteiger partial charge in [-0.3, -0.25) is 11.3 Å². The summed E-state index contributed by atoms with van der Waals surface area (Å²) in [5, 5.41) is 0. The van der Waals surface area contributed by atoms with E-state index in [1.54, 1.807) is 7.11 Å². The van der Waals surface area contributed by atoms with Crippen LogP contribution in [-0.4, -0.2) is 32.5 Å². The van der Waals surface area contributed by atoms with Crippen molar-refractivity contribution in [2.24, 2.45) is 5.84 Å². The van der Waals surface area contributed by atoms with Crippen LogP contribution in [0.25, 0.3) is 0 Å². The summed E-state index contributed by atoms with van der Waals surface area (Å²) in [7, 11) is 1.72. The molecule has 1 rings (SSSR count). The first kappa shape index (κ1) is 10.9. The van der Waals surface area contributed by atoms with Crippen LogP contribution in [0.1, 0.15) is 25.7 Å². The highest BCUT2D eigenvalue weighted by atomic mass is 16.5. The van der Waals surface area contributed by atoms with Gasteiger partial charge in [0.2, 0.25) is 0 Å². The van der Waals surface area contributed by atoms with Crippen LogP contribution in [0.3, 0.4) is 0 Å². The molecular weight excluding hydrogens is 168 g/mol. The molecule has 4 nitrogen and oxygen atoms in total. The molecule has 13 heavy (non-hydrogen) atoms. The predicted molar refractivity (Wildman–Crippen MR) is 51.2 cm³/mol. The molecule has 1 fully saturated rings. The number of methoxy groups -OCH3 is 1. The second-order valence-electron chi connectivity index (χ2n) is 3.46. The summed E-state index contributed by atoms with van der Waals surface area (Å²) < 4.78 is 10.5. The number of nitrogens with two attached hydrogens (primary N) is 1. The lowest BCUT2D eigenvalue weighted by atomic mass is 10.0. The van der Waals surface area contributed by atoms with Crippen LogP contribution < -0.4 is 11.3 Å². The van der Waals surface area contributed by atoms with Crippen LogP contribution in [0.2, 0.25) is 0 Å². The third-order valence-electron chi connectivity index (χ3n) is 2.49. The maximum atomic E-state index is 5.55. The molecule has 0 amide bonds. The summed E-state index contributed by atoms with van der Waals surface area (Å²) >= 11 is 0. The number of ether oxygens (including phenoxy) is 2. The topological polar surface area (TPSA) is 56.5 Å². The minimum absolute atomic E-state index is 0.289. The van der Waals surface area contributed by atoms with Gasteiger partial charge in [-0.25, -0.2) is 0 Å². The predicted octanol–water partition coefficient (Wildman–Crippen LogP) is 0.424. The number of hydrazine groups is 1. The van der Waals surface area contributed by atoms with Crippen LogP contribution in [0.4, 0.5) is 0 Å². The molecule has 0 radical (unpaired) electrons. The highest BCUT2D eigenvalue weighted by Crippen LogP contribution is 2.17. The maximum absolute atomic E-state index is 5.55. The standard InChI is InChI=1S/C9H20N2O2/c1-12-6-2-4-8(11-10)9-5-3-7-13-9/h8-9,11H,2-7,10H2,1H3. The number of hydrogen-bond donors (Lipinski definition) is 2. The third kappa shape index (κ3) is 3.60. The van der Waals surface area contributed by atoms with Crippen molar-refractivity contribution in [2.45, 2.75) is 37.8 Å². The molecule has 4 heteroatoms. The van der Waals surface area contributed by atoms with Crippen molar-refractivity contribution in [3.63, 3.8) is 0 Å². The molecule has 3 N–H and O–H groups in total. The van der Waals surface area contributed by atoms with Gasteiger partial charge in [0.05, 0.1) is 6.10 Å². The Hall–Kier alpha value is -0.160. The van der Waals surface area contributed by atoms with E-state index in [0.717, 1.165) is 38.9 Å². The molecule has 1 heterocycles. The van der Waals surface area contributed by atoms with E-state index in [-0.39, 0.29) is 6.04 Å². The van der Waals surface area contributed by atoms with Gasteiger partial charge in [-0.2, -0.15) is 0 Å². The first-order valence-corrected chi connectivity index (χ1v) is 4.95. The van der Waals surface area contributed by atoms with Crippen molar-refractivity contribution in [2.75, 3.05) is 20.3 Å². The Morgan fingerprint density at radius 3 is 3.08 bits per heavy atom. The summed E-state index contributed by atoms with van der Waals surface area (Å²) in [5.74, 6) is 5.46. The lowest BCUT2D eigenvalue weighted by Gasteiger charge is -2.21. The molecule has 1 saturated heterocycles. The first-order valence-electron chi connectivity index (χ1n) is 4.95. The van der Waals surface area contributed by atoms with Gasteiger partial charge in [0.15, 0.2) is 0 Å². The minimum Gasteiger partial charge on any atom is -0.385 e. The van der Waals surface area contributed by atoms with Gasteiger partial charge < -0.3 is 9.47 Å². The van der Waals surface area contributed by atoms with Gasteiger partial charge in [-0.15, -0.1) is 0 Å². The summed E-state index contributed by atoms with van der Waals surface area (Å²) in [5.41, 5.74) is 2.82. The van der Waals surface area contributed by atoms with Crippen LogP contribution in [0.5, 0.6) is 0 Å². The smallest absolute Gasteiger partial charge is 0.0742 e. The monoisotopic (exact) mass is 188 g/mol. The zero-order valence-corrected chi connectivity index (χ0v) is 8.29. The average molecular weight is 188 g/mol. The van der Waals surface area contributed by atoms with E-state index in [1.807, 2.05) is 0 Å². The molecule has 0 bridgehead atoms. The van der Waals surface area contributed by atoms with Gasteiger partial charge in [0.25, 0.3) is 0 Å². The molecule has 1 aliphatic heterocycles. The van der Waals surface area contributed by atoms with E-state index in [4.69, 9.17) is 15.3 Å². The van der Waals surface area contributed by atoms with Crippen molar-refractivity contribution >= 4 is 0 Å². The Kier molecular flexibility index (Phi) is 5.31. The molecule has 0 aliphatic carbocycles. The molecule has 2 atom stereocenters. The summed E-state index contributed by atoms with van der Waals surface area (Å²) in [6.07, 6.45) is 4.65. The number of nitrogens with one attached hydrogen (secondary N) is 1. The average Bonchev–Trinajstić information content (AvgIpc) is 2.65. The van der Waals surface area contributed by atoms with E-state index in [9.17, 15) is 0 Å². The van der Waals surface area contributed by atoms with Crippen LogP contribution in [0, 0.1) is 0 Å². The second-order valence-corrected chi connectivity index (χ2v) is 3.46. The molecule has 78 valence electrons. The van der Waals surface area contributed by atoms with Crippen molar-refractivity contribution in [1.29, 1.82) is 0 Å². The fraction of sp³-hybridized carbons (Fsp3) is 1.00. The highest BCUT2D eigenvalue weighted by molar-refractivity contribution is 4.78. The first-order chi connectivity index (χ1) is 6.38. The molecule has 0 saturated carbocycles. The van der Waals surface area contributed by atoms with E-state index in [2.05, 4.69) is 5.43 Å². The quantitative estimate of drug-likeness (QED) is 0.360. The number of rotatable bonds is 6. The lowest BCUT2D eigenvalue weighted by Crippen LogP contribution is -2.43. The fourth-order valence-electron chi connectivity index (χ4n) is 1.74. The SMILES string of the molecule is COCCCC(NN)C1CCCO1. The molecule has 2 unspecified atom stereocenters. The molecule has 0 aromatic heterocycles. The second kappa shape index (κ2) is 6.32. The molecular formula is C9H20N2O2. The third-order valence-corrected chi connectivity index (χ3v) is 2.49.